The number of halogens is 2. The Morgan fingerprint density at radius 1 is 1.21 bits per heavy atom. The van der Waals surface area contributed by atoms with Gasteiger partial charge in [0.25, 0.3) is 5.91 Å². The summed E-state index contributed by atoms with van der Waals surface area (Å²) in [4.78, 5) is 21.0. The van der Waals surface area contributed by atoms with E-state index in [1.54, 1.807) is 32.0 Å². The molecule has 12 heteroatoms. The Labute approximate surface area is 195 Å². The minimum Gasteiger partial charge on any atom is -0.458 e. The van der Waals surface area contributed by atoms with Crippen LogP contribution in [0.5, 0.6) is 6.01 Å². The van der Waals surface area contributed by atoms with Crippen LogP contribution in [0.3, 0.4) is 0 Å². The number of hydrogen-bond donors (Lipinski definition) is 3. The van der Waals surface area contributed by atoms with Crippen LogP contribution < -0.4 is 16.2 Å². The van der Waals surface area contributed by atoms with E-state index in [0.717, 1.165) is 11.3 Å². The summed E-state index contributed by atoms with van der Waals surface area (Å²) < 4.78 is 5.63. The number of aliphatic hydroxyl groups is 1. The average Bonchev–Trinajstić information content (AvgIpc) is 2.93. The number of benzene rings is 1. The maximum absolute atomic E-state index is 11.7. The van der Waals surface area contributed by atoms with E-state index >= 15 is 0 Å². The number of nitrogens with two attached hydrogens (primary N) is 2. The first kappa shape index (κ1) is 25.6. The van der Waals surface area contributed by atoms with Crippen molar-refractivity contribution in [1.29, 1.82) is 0 Å². The second kappa shape index (κ2) is 10.1. The third-order valence-corrected chi connectivity index (χ3v) is 5.81. The number of primary amides is 1. The van der Waals surface area contributed by atoms with Crippen LogP contribution in [0.2, 0.25) is 10.0 Å². The molecule has 5 N–H and O–H groups in total. The van der Waals surface area contributed by atoms with Crippen LogP contribution in [0.25, 0.3) is 21.5 Å². The molecule has 0 radical (unpaired) electrons. The topological polar surface area (TPSA) is 124 Å². The molecule has 0 aliphatic carbocycles. The molecule has 0 unspecified atom stereocenters. The van der Waals surface area contributed by atoms with Crippen molar-refractivity contribution in [3.05, 3.63) is 33.1 Å². The lowest BCUT2D eigenvalue weighted by molar-refractivity contribution is 0.0545. The largest absolute Gasteiger partial charge is 0.458 e. The van der Waals surface area contributed by atoms with Gasteiger partial charge in [-0.05, 0) is 26.0 Å². The molecular formula is C17H20Cl2N4O3S3. The SMILES string of the molecule is C[C@H](O)[C@H](C)Oc1nc(-c2ccc(Cl)c(Cl)c2)c2c(N)c(C(N)=O)sc2n1.S.S. The first-order valence-corrected chi connectivity index (χ1v) is 9.46. The van der Waals surface area contributed by atoms with Crippen molar-refractivity contribution in [1.82, 2.24) is 9.97 Å². The molecule has 158 valence electrons. The van der Waals surface area contributed by atoms with E-state index in [1.807, 2.05) is 0 Å². The highest BCUT2D eigenvalue weighted by Crippen LogP contribution is 2.40. The number of aromatic nitrogens is 2. The van der Waals surface area contributed by atoms with E-state index in [0.29, 0.717) is 31.5 Å². The van der Waals surface area contributed by atoms with E-state index in [2.05, 4.69) is 9.97 Å². The van der Waals surface area contributed by atoms with Crippen molar-refractivity contribution in [2.75, 3.05) is 5.73 Å². The molecule has 0 saturated carbocycles. The van der Waals surface area contributed by atoms with Gasteiger partial charge in [-0.1, -0.05) is 29.3 Å². The Morgan fingerprint density at radius 3 is 2.41 bits per heavy atom. The summed E-state index contributed by atoms with van der Waals surface area (Å²) in [5.74, 6) is -0.657. The highest BCUT2D eigenvalue weighted by molar-refractivity contribution is 7.59. The Morgan fingerprint density at radius 2 is 1.86 bits per heavy atom. The number of anilines is 1. The van der Waals surface area contributed by atoms with Crippen molar-refractivity contribution < 1.29 is 14.6 Å². The Hall–Kier alpha value is -1.43. The van der Waals surface area contributed by atoms with Crippen LogP contribution >= 0.6 is 61.5 Å². The zero-order valence-corrected chi connectivity index (χ0v) is 19.7. The van der Waals surface area contributed by atoms with Crippen LogP contribution in [0.4, 0.5) is 5.69 Å². The molecule has 0 bridgehead atoms. The molecule has 7 nitrogen and oxygen atoms in total. The normalized spacial score (nSPS) is 12.6. The van der Waals surface area contributed by atoms with Gasteiger partial charge in [-0.3, -0.25) is 4.79 Å². The van der Waals surface area contributed by atoms with Gasteiger partial charge in [-0.25, -0.2) is 0 Å². The monoisotopic (exact) mass is 494 g/mol. The highest BCUT2D eigenvalue weighted by Gasteiger charge is 2.23. The summed E-state index contributed by atoms with van der Waals surface area (Å²) in [7, 11) is 0. The number of nitrogen functional groups attached to an aromatic ring is 1. The molecule has 2 aromatic heterocycles. The molecule has 0 fully saturated rings. The van der Waals surface area contributed by atoms with Crippen LogP contribution in [0.15, 0.2) is 18.2 Å². The molecular weight excluding hydrogens is 475 g/mol. The first-order chi connectivity index (χ1) is 12.7. The summed E-state index contributed by atoms with van der Waals surface area (Å²) in [6.07, 6.45) is -1.27. The second-order valence-corrected chi connectivity index (χ2v) is 7.75. The minimum atomic E-state index is -0.729. The van der Waals surface area contributed by atoms with E-state index in [4.69, 9.17) is 39.4 Å². The maximum atomic E-state index is 11.7. The van der Waals surface area contributed by atoms with Gasteiger partial charge in [-0.2, -0.15) is 37.0 Å². The van der Waals surface area contributed by atoms with Crippen molar-refractivity contribution in [3.8, 4) is 17.3 Å². The number of amides is 1. The number of ether oxygens (including phenoxy) is 1. The van der Waals surface area contributed by atoms with Crippen molar-refractivity contribution >= 4 is 83.3 Å². The Kier molecular flexibility index (Phi) is 8.88. The molecule has 2 heterocycles. The van der Waals surface area contributed by atoms with Crippen LogP contribution in [-0.4, -0.2) is 33.2 Å². The van der Waals surface area contributed by atoms with Gasteiger partial charge in [-0.15, -0.1) is 11.3 Å². The van der Waals surface area contributed by atoms with Gasteiger partial charge in [0.1, 0.15) is 15.8 Å². The highest BCUT2D eigenvalue weighted by atomic mass is 35.5. The lowest BCUT2D eigenvalue weighted by Gasteiger charge is -2.16. The van der Waals surface area contributed by atoms with Crippen LogP contribution in [-0.2, 0) is 0 Å². The molecule has 3 rings (SSSR count). The Bertz CT molecular complexity index is 1050. The number of fused-ring (bicyclic) bond motifs is 1. The van der Waals surface area contributed by atoms with Crippen LogP contribution in [0.1, 0.15) is 23.5 Å². The third-order valence-electron chi connectivity index (χ3n) is 3.96. The van der Waals surface area contributed by atoms with Crippen molar-refractivity contribution in [2.45, 2.75) is 26.1 Å². The smallest absolute Gasteiger partial charge is 0.318 e. The average molecular weight is 495 g/mol. The standard InChI is InChI=1S/C17H16Cl2N4O3S.2H2S/c1-6(24)7(2)26-17-22-13(8-3-4-9(18)10(19)5-8)11-12(20)14(15(21)25)27-16(11)23-17;;/h3-7,24H,20H2,1-2H3,(H2,21,25);2*1H2/t6-,7-;;/m0../s1. The molecule has 1 aromatic carbocycles. The summed E-state index contributed by atoms with van der Waals surface area (Å²) in [6.45, 7) is 3.28. The minimum absolute atomic E-state index is 0. The quantitative estimate of drug-likeness (QED) is 0.496. The second-order valence-electron chi connectivity index (χ2n) is 5.94. The fourth-order valence-corrected chi connectivity index (χ4v) is 3.59. The van der Waals surface area contributed by atoms with E-state index in [1.165, 1.54) is 0 Å². The van der Waals surface area contributed by atoms with Crippen LogP contribution in [0, 0.1) is 0 Å². The van der Waals surface area contributed by atoms with Gasteiger partial charge in [0.15, 0.2) is 0 Å². The van der Waals surface area contributed by atoms with E-state index in [-0.39, 0.29) is 43.6 Å². The Balaban J connectivity index is 0.00000210. The van der Waals surface area contributed by atoms with Gasteiger partial charge >= 0.3 is 6.01 Å². The predicted octanol–water partition coefficient (Wildman–Crippen LogP) is 3.72. The molecule has 0 spiro atoms. The van der Waals surface area contributed by atoms with Gasteiger partial charge in [0.05, 0.1) is 32.9 Å². The fourth-order valence-electron chi connectivity index (χ4n) is 2.36. The van der Waals surface area contributed by atoms with Crippen molar-refractivity contribution in [2.24, 2.45) is 5.73 Å². The molecule has 29 heavy (non-hydrogen) atoms. The zero-order chi connectivity index (χ0) is 19.9. The van der Waals surface area contributed by atoms with Gasteiger partial charge in [0.2, 0.25) is 0 Å². The maximum Gasteiger partial charge on any atom is 0.318 e. The first-order valence-electron chi connectivity index (χ1n) is 7.89. The number of carbonyl (C=O) groups excluding carboxylic acids is 1. The number of nitrogens with zero attached hydrogens (tertiary/aromatic N) is 2. The zero-order valence-electron chi connectivity index (χ0n) is 15.4. The van der Waals surface area contributed by atoms with E-state index < -0.39 is 18.1 Å². The molecule has 0 aliphatic rings. The van der Waals surface area contributed by atoms with Crippen molar-refractivity contribution in [3.63, 3.8) is 0 Å². The number of aliphatic hydroxyl groups excluding tert-OH is 1. The number of hydrogen-bond acceptors (Lipinski definition) is 7. The lowest BCUT2D eigenvalue weighted by atomic mass is 10.1. The van der Waals surface area contributed by atoms with Gasteiger partial charge in [0, 0.05) is 5.56 Å². The van der Waals surface area contributed by atoms with E-state index in [9.17, 15) is 9.90 Å². The molecule has 0 saturated heterocycles. The summed E-state index contributed by atoms with van der Waals surface area (Å²) >= 11 is 13.2. The molecule has 0 aliphatic heterocycles. The third kappa shape index (κ3) is 5.19. The number of carbonyl (C=O) groups is 1. The molecule has 3 aromatic rings. The number of thiophene rings is 1. The predicted molar refractivity (Wildman–Crippen MR) is 128 cm³/mol. The lowest BCUT2D eigenvalue weighted by Crippen LogP contribution is -2.26. The number of rotatable bonds is 5. The summed E-state index contributed by atoms with van der Waals surface area (Å²) in [5, 5.41) is 10.9. The molecule has 2 atom stereocenters. The fraction of sp³-hybridized carbons (Fsp3) is 0.235. The summed E-state index contributed by atoms with van der Waals surface area (Å²) in [6, 6.07) is 5.02. The molecule has 1 amide bonds. The van der Waals surface area contributed by atoms with Gasteiger partial charge < -0.3 is 21.3 Å². The summed E-state index contributed by atoms with van der Waals surface area (Å²) in [5.41, 5.74) is 12.8.